The molecule has 150 valence electrons. The molecule has 0 bridgehead atoms. The second-order valence-corrected chi connectivity index (χ2v) is 7.51. The van der Waals surface area contributed by atoms with Crippen molar-refractivity contribution in [3.05, 3.63) is 107 Å². The van der Waals surface area contributed by atoms with Crippen molar-refractivity contribution >= 4 is 21.8 Å². The molecule has 6 nitrogen and oxygen atoms in total. The molecule has 0 aliphatic rings. The van der Waals surface area contributed by atoms with Crippen molar-refractivity contribution in [1.29, 1.82) is 0 Å². The maximum Gasteiger partial charge on any atom is 0.251 e. The summed E-state index contributed by atoms with van der Waals surface area (Å²) in [5.41, 5.74) is 3.30. The molecular formula is C23H19BrN4O2. The number of nitrogens with one attached hydrogen (secondary N) is 1. The highest BCUT2D eigenvalue weighted by Crippen LogP contribution is 2.16. The van der Waals surface area contributed by atoms with Gasteiger partial charge in [-0.25, -0.2) is 4.68 Å². The smallest absolute Gasteiger partial charge is 0.251 e. The summed E-state index contributed by atoms with van der Waals surface area (Å²) < 4.78 is 8.43. The Labute approximate surface area is 182 Å². The molecule has 2 heterocycles. The van der Waals surface area contributed by atoms with Crippen molar-refractivity contribution < 1.29 is 9.53 Å². The summed E-state index contributed by atoms with van der Waals surface area (Å²) in [6.45, 7) is 0.809. The monoisotopic (exact) mass is 462 g/mol. The number of halogens is 1. The van der Waals surface area contributed by atoms with Gasteiger partial charge < -0.3 is 10.1 Å². The van der Waals surface area contributed by atoms with E-state index >= 15 is 0 Å². The summed E-state index contributed by atoms with van der Waals surface area (Å²) in [4.78, 5) is 16.7. The number of amides is 1. The first kappa shape index (κ1) is 19.8. The van der Waals surface area contributed by atoms with E-state index in [0.29, 0.717) is 18.7 Å². The molecule has 0 atom stereocenters. The van der Waals surface area contributed by atoms with Gasteiger partial charge in [0, 0.05) is 24.5 Å². The maximum absolute atomic E-state index is 12.5. The van der Waals surface area contributed by atoms with Gasteiger partial charge in [-0.15, -0.1) is 0 Å². The first-order valence-corrected chi connectivity index (χ1v) is 10.2. The fourth-order valence-corrected chi connectivity index (χ4v) is 3.16. The van der Waals surface area contributed by atoms with Crippen LogP contribution < -0.4 is 10.1 Å². The van der Waals surface area contributed by atoms with Crippen molar-refractivity contribution in [1.82, 2.24) is 20.1 Å². The maximum atomic E-state index is 12.5. The van der Waals surface area contributed by atoms with Crippen LogP contribution in [0.1, 0.15) is 21.6 Å². The van der Waals surface area contributed by atoms with Crippen molar-refractivity contribution in [3.63, 3.8) is 0 Å². The zero-order chi connectivity index (χ0) is 20.8. The first-order valence-electron chi connectivity index (χ1n) is 9.38. The number of hydrogen-bond acceptors (Lipinski definition) is 4. The first-order chi connectivity index (χ1) is 14.7. The van der Waals surface area contributed by atoms with Gasteiger partial charge in [0.15, 0.2) is 0 Å². The van der Waals surface area contributed by atoms with E-state index in [1.807, 2.05) is 60.8 Å². The molecular weight excluding hydrogens is 444 g/mol. The molecule has 0 spiro atoms. The van der Waals surface area contributed by atoms with Gasteiger partial charge in [0.2, 0.25) is 0 Å². The molecule has 0 aliphatic carbocycles. The van der Waals surface area contributed by atoms with E-state index in [4.69, 9.17) is 4.74 Å². The Morgan fingerprint density at radius 3 is 2.67 bits per heavy atom. The van der Waals surface area contributed by atoms with E-state index in [1.54, 1.807) is 29.2 Å². The van der Waals surface area contributed by atoms with Crippen LogP contribution in [0.25, 0.3) is 5.69 Å². The van der Waals surface area contributed by atoms with Gasteiger partial charge in [0.1, 0.15) is 12.4 Å². The van der Waals surface area contributed by atoms with Crippen LogP contribution in [-0.2, 0) is 13.2 Å². The molecule has 2 aromatic heterocycles. The molecule has 7 heteroatoms. The van der Waals surface area contributed by atoms with Crippen LogP contribution >= 0.6 is 15.9 Å². The topological polar surface area (TPSA) is 69.0 Å². The van der Waals surface area contributed by atoms with E-state index in [9.17, 15) is 4.79 Å². The van der Waals surface area contributed by atoms with Crippen LogP contribution in [0, 0.1) is 0 Å². The quantitative estimate of drug-likeness (QED) is 0.437. The van der Waals surface area contributed by atoms with E-state index in [1.165, 1.54) is 0 Å². The van der Waals surface area contributed by atoms with Crippen molar-refractivity contribution in [2.75, 3.05) is 0 Å². The summed E-state index contributed by atoms with van der Waals surface area (Å²) >= 11 is 3.38. The predicted molar refractivity (Wildman–Crippen MR) is 117 cm³/mol. The Morgan fingerprint density at radius 2 is 1.93 bits per heavy atom. The molecule has 4 aromatic rings. The van der Waals surface area contributed by atoms with Gasteiger partial charge in [-0.1, -0.05) is 18.2 Å². The summed E-state index contributed by atoms with van der Waals surface area (Å²) in [5, 5.41) is 7.18. The Balaban J connectivity index is 1.33. The average Bonchev–Trinajstić information content (AvgIpc) is 3.23. The van der Waals surface area contributed by atoms with Crippen LogP contribution in [0.5, 0.6) is 5.75 Å². The van der Waals surface area contributed by atoms with Gasteiger partial charge in [-0.2, -0.15) is 5.10 Å². The second kappa shape index (κ2) is 9.37. The minimum absolute atomic E-state index is 0.136. The molecule has 30 heavy (non-hydrogen) atoms. The number of carbonyl (C=O) groups excluding carboxylic acids is 1. The third-order valence-corrected chi connectivity index (χ3v) is 4.82. The van der Waals surface area contributed by atoms with E-state index in [2.05, 4.69) is 31.3 Å². The van der Waals surface area contributed by atoms with Crippen molar-refractivity contribution in [3.8, 4) is 11.4 Å². The molecule has 0 unspecified atom stereocenters. The Morgan fingerprint density at radius 1 is 1.07 bits per heavy atom. The molecule has 1 amide bonds. The molecule has 1 N–H and O–H groups in total. The van der Waals surface area contributed by atoms with Crippen LogP contribution in [0.3, 0.4) is 0 Å². The normalized spacial score (nSPS) is 10.6. The van der Waals surface area contributed by atoms with E-state index in [-0.39, 0.29) is 5.91 Å². The highest BCUT2D eigenvalue weighted by molar-refractivity contribution is 9.10. The lowest BCUT2D eigenvalue weighted by Crippen LogP contribution is -2.22. The number of rotatable bonds is 7. The third kappa shape index (κ3) is 5.12. The van der Waals surface area contributed by atoms with Crippen LogP contribution in [0.15, 0.2) is 89.8 Å². The summed E-state index contributed by atoms with van der Waals surface area (Å²) in [5.74, 6) is 0.602. The molecule has 0 saturated heterocycles. The predicted octanol–water partition coefficient (Wildman–Crippen LogP) is 4.54. The van der Waals surface area contributed by atoms with Gasteiger partial charge in [0.25, 0.3) is 5.91 Å². The number of aromatic nitrogens is 3. The summed E-state index contributed by atoms with van der Waals surface area (Å²) in [6.07, 6.45) is 5.32. The molecule has 0 saturated carbocycles. The lowest BCUT2D eigenvalue weighted by molar-refractivity contribution is 0.0951. The third-order valence-electron chi connectivity index (χ3n) is 4.41. The fraction of sp³-hybridized carbons (Fsp3) is 0.0870. The van der Waals surface area contributed by atoms with E-state index < -0.39 is 0 Å². The highest BCUT2D eigenvalue weighted by atomic mass is 79.9. The fourth-order valence-electron chi connectivity index (χ4n) is 2.88. The zero-order valence-corrected chi connectivity index (χ0v) is 17.6. The molecule has 0 fully saturated rings. The molecule has 0 radical (unpaired) electrons. The Hall–Kier alpha value is -3.45. The molecule has 4 rings (SSSR count). The number of carbonyl (C=O) groups is 1. The van der Waals surface area contributed by atoms with Gasteiger partial charge in [-0.05, 0) is 70.0 Å². The summed E-state index contributed by atoms with van der Waals surface area (Å²) in [7, 11) is 0. The van der Waals surface area contributed by atoms with Gasteiger partial charge in [-0.3, -0.25) is 9.78 Å². The van der Waals surface area contributed by atoms with Crippen LogP contribution in [0.4, 0.5) is 0 Å². The summed E-state index contributed by atoms with van der Waals surface area (Å²) in [6, 6.07) is 20.7. The minimum atomic E-state index is -0.136. The lowest BCUT2D eigenvalue weighted by atomic mass is 10.1. The van der Waals surface area contributed by atoms with Crippen molar-refractivity contribution in [2.45, 2.75) is 13.2 Å². The number of nitrogens with zero attached hydrogens (tertiary/aromatic N) is 3. The Kier molecular flexibility index (Phi) is 6.20. The van der Waals surface area contributed by atoms with Crippen molar-refractivity contribution in [2.24, 2.45) is 0 Å². The largest absolute Gasteiger partial charge is 0.487 e. The SMILES string of the molecule is O=C(NCc1cccc(OCc2ccccn2)c1)c1ccc(-n2cc(Br)cn2)cc1. The average molecular weight is 463 g/mol. The Bertz CT molecular complexity index is 1130. The number of hydrogen-bond donors (Lipinski definition) is 1. The number of ether oxygens (including phenoxy) is 1. The number of benzene rings is 2. The number of pyridine rings is 1. The molecule has 2 aromatic carbocycles. The second-order valence-electron chi connectivity index (χ2n) is 6.59. The molecule has 0 aliphatic heterocycles. The lowest BCUT2D eigenvalue weighted by Gasteiger charge is -2.09. The van der Waals surface area contributed by atoms with Gasteiger partial charge in [0.05, 0.1) is 22.1 Å². The van der Waals surface area contributed by atoms with E-state index in [0.717, 1.165) is 27.2 Å². The zero-order valence-electron chi connectivity index (χ0n) is 16.0. The highest BCUT2D eigenvalue weighted by Gasteiger charge is 2.07. The van der Waals surface area contributed by atoms with Crippen LogP contribution in [-0.4, -0.2) is 20.7 Å². The minimum Gasteiger partial charge on any atom is -0.487 e. The standard InChI is InChI=1S/C23H19BrN4O2/c24-19-14-27-28(15-19)21-9-7-18(8-10-21)23(29)26-13-17-4-3-6-22(12-17)30-16-20-5-1-2-11-25-20/h1-12,14-15H,13,16H2,(H,26,29). The van der Waals surface area contributed by atoms with Crippen LogP contribution in [0.2, 0.25) is 0 Å². The van der Waals surface area contributed by atoms with Gasteiger partial charge >= 0.3 is 0 Å².